The monoisotopic (exact) mass is 402 g/mol. The zero-order valence-corrected chi connectivity index (χ0v) is 16.5. The number of ether oxygens (including phenoxy) is 2. The van der Waals surface area contributed by atoms with Crippen LogP contribution in [0.2, 0.25) is 0 Å². The Hall–Kier alpha value is -3.32. The van der Waals surface area contributed by atoms with Crippen molar-refractivity contribution in [3.05, 3.63) is 77.9 Å². The molecule has 3 aliphatic heterocycles. The van der Waals surface area contributed by atoms with Gasteiger partial charge in [0.1, 0.15) is 5.69 Å². The minimum atomic E-state index is 0.0804. The van der Waals surface area contributed by atoms with Crippen LogP contribution in [0.1, 0.15) is 27.8 Å². The molecule has 0 saturated carbocycles. The maximum absolute atomic E-state index is 13.2. The van der Waals surface area contributed by atoms with Crippen LogP contribution in [0.3, 0.4) is 0 Å². The highest BCUT2D eigenvalue weighted by molar-refractivity contribution is 5.94. The molecule has 2 aromatic heterocycles. The molecule has 5 heterocycles. The van der Waals surface area contributed by atoms with E-state index in [1.54, 1.807) is 6.20 Å². The molecule has 1 aromatic carbocycles. The number of nitrogens with zero attached hydrogens (tertiary/aromatic N) is 4. The topological polar surface area (TPSA) is 59.8 Å². The summed E-state index contributed by atoms with van der Waals surface area (Å²) in [6.45, 7) is 3.35. The first-order valence-corrected chi connectivity index (χ1v) is 10.2. The van der Waals surface area contributed by atoms with Crippen LogP contribution in [-0.2, 0) is 13.1 Å². The summed E-state index contributed by atoms with van der Waals surface area (Å²) < 4.78 is 13.1. The fourth-order valence-electron chi connectivity index (χ4n) is 4.87. The summed E-state index contributed by atoms with van der Waals surface area (Å²) >= 11 is 0. The lowest BCUT2D eigenvalue weighted by molar-refractivity contribution is 0.0553. The molecule has 2 unspecified atom stereocenters. The highest BCUT2D eigenvalue weighted by Gasteiger charge is 2.44. The van der Waals surface area contributed by atoms with Gasteiger partial charge < -0.3 is 18.9 Å². The highest BCUT2D eigenvalue weighted by atomic mass is 16.7. The van der Waals surface area contributed by atoms with Crippen LogP contribution in [0.4, 0.5) is 0 Å². The van der Waals surface area contributed by atoms with Gasteiger partial charge in [0.15, 0.2) is 11.5 Å². The lowest BCUT2D eigenvalue weighted by Crippen LogP contribution is -2.49. The SMILES string of the molecule is O=C1c2cccn2C2CN(Cc3ccc4c(c3)OCO4)CC2N1Cc1ccccn1. The Labute approximate surface area is 174 Å². The molecule has 6 rings (SSSR count). The molecule has 7 heteroatoms. The molecular formula is C23H22N4O3. The van der Waals surface area contributed by atoms with Crippen molar-refractivity contribution in [3.8, 4) is 11.5 Å². The van der Waals surface area contributed by atoms with Gasteiger partial charge in [0.2, 0.25) is 6.79 Å². The lowest BCUT2D eigenvalue weighted by atomic mass is 10.1. The van der Waals surface area contributed by atoms with E-state index in [0.717, 1.165) is 42.5 Å². The Morgan fingerprint density at radius 1 is 0.967 bits per heavy atom. The van der Waals surface area contributed by atoms with Crippen LogP contribution in [0.25, 0.3) is 0 Å². The number of hydrogen-bond donors (Lipinski definition) is 0. The van der Waals surface area contributed by atoms with Crippen LogP contribution in [-0.4, -0.2) is 51.2 Å². The number of carbonyl (C=O) groups excluding carboxylic acids is 1. The summed E-state index contributed by atoms with van der Waals surface area (Å²) in [7, 11) is 0. The molecule has 0 N–H and O–H groups in total. The second kappa shape index (κ2) is 6.88. The van der Waals surface area contributed by atoms with Gasteiger partial charge in [-0.15, -0.1) is 0 Å². The fraction of sp³-hybridized carbons (Fsp3) is 0.304. The zero-order valence-electron chi connectivity index (χ0n) is 16.5. The maximum atomic E-state index is 13.2. The summed E-state index contributed by atoms with van der Waals surface area (Å²) in [6.07, 6.45) is 3.82. The maximum Gasteiger partial charge on any atom is 0.271 e. The first-order chi connectivity index (χ1) is 14.8. The molecule has 30 heavy (non-hydrogen) atoms. The molecule has 1 amide bonds. The average molecular weight is 402 g/mol. The molecule has 152 valence electrons. The Kier molecular flexibility index (Phi) is 4.02. The number of rotatable bonds is 4. The van der Waals surface area contributed by atoms with Gasteiger partial charge in [-0.3, -0.25) is 14.7 Å². The van der Waals surface area contributed by atoms with Crippen molar-refractivity contribution >= 4 is 5.91 Å². The zero-order chi connectivity index (χ0) is 20.1. The number of fused-ring (bicyclic) bond motifs is 4. The minimum Gasteiger partial charge on any atom is -0.454 e. The van der Waals surface area contributed by atoms with Crippen LogP contribution in [0.5, 0.6) is 11.5 Å². The van der Waals surface area contributed by atoms with Crippen molar-refractivity contribution in [1.29, 1.82) is 0 Å². The van der Waals surface area contributed by atoms with Crippen molar-refractivity contribution in [1.82, 2.24) is 19.4 Å². The largest absolute Gasteiger partial charge is 0.454 e. The summed E-state index contributed by atoms with van der Waals surface area (Å²) in [6, 6.07) is 16.2. The molecule has 0 aliphatic carbocycles. The minimum absolute atomic E-state index is 0.0804. The van der Waals surface area contributed by atoms with Gasteiger partial charge in [0.25, 0.3) is 5.91 Å². The van der Waals surface area contributed by atoms with Crippen LogP contribution in [0.15, 0.2) is 60.9 Å². The van der Waals surface area contributed by atoms with E-state index in [1.807, 2.05) is 47.5 Å². The molecular weight excluding hydrogens is 380 g/mol. The molecule has 3 aromatic rings. The molecule has 3 aliphatic rings. The van der Waals surface area contributed by atoms with Crippen molar-refractivity contribution in [2.75, 3.05) is 19.9 Å². The number of hydrogen-bond acceptors (Lipinski definition) is 5. The number of amides is 1. The second-order valence-electron chi connectivity index (χ2n) is 8.07. The molecule has 0 spiro atoms. The van der Waals surface area contributed by atoms with Gasteiger partial charge in [-0.05, 0) is 42.0 Å². The van der Waals surface area contributed by atoms with E-state index in [0.29, 0.717) is 6.54 Å². The van der Waals surface area contributed by atoms with Gasteiger partial charge in [0, 0.05) is 32.0 Å². The first kappa shape index (κ1) is 17.5. The molecule has 7 nitrogen and oxygen atoms in total. The van der Waals surface area contributed by atoms with E-state index in [2.05, 4.69) is 26.6 Å². The molecule has 1 saturated heterocycles. The standard InChI is InChI=1S/C23H22N4O3/c28-23-18-5-3-9-26(18)19-13-25(11-16-6-7-21-22(10-16)30-15-29-21)14-20(19)27(23)12-17-4-1-2-8-24-17/h1-10,19-20H,11-15H2. The third-order valence-corrected chi connectivity index (χ3v) is 6.25. The number of pyridine rings is 1. The Bertz CT molecular complexity index is 1100. The smallest absolute Gasteiger partial charge is 0.271 e. The van der Waals surface area contributed by atoms with E-state index in [9.17, 15) is 4.79 Å². The molecule has 2 atom stereocenters. The van der Waals surface area contributed by atoms with Gasteiger partial charge >= 0.3 is 0 Å². The normalized spacial score (nSPS) is 22.3. The van der Waals surface area contributed by atoms with Crippen molar-refractivity contribution in [2.45, 2.75) is 25.2 Å². The molecule has 0 radical (unpaired) electrons. The number of carbonyl (C=O) groups is 1. The predicted molar refractivity (Wildman–Crippen MR) is 109 cm³/mol. The lowest BCUT2D eigenvalue weighted by Gasteiger charge is -2.38. The Morgan fingerprint density at radius 3 is 2.77 bits per heavy atom. The predicted octanol–water partition coefficient (Wildman–Crippen LogP) is 2.69. The number of benzene rings is 1. The van der Waals surface area contributed by atoms with E-state index < -0.39 is 0 Å². The number of likely N-dealkylation sites (tertiary alicyclic amines) is 1. The summed E-state index contributed by atoms with van der Waals surface area (Å²) in [4.78, 5) is 22.1. The summed E-state index contributed by atoms with van der Waals surface area (Å²) in [5.74, 6) is 1.69. The van der Waals surface area contributed by atoms with Crippen LogP contribution in [0, 0.1) is 0 Å². The Morgan fingerprint density at radius 2 is 1.87 bits per heavy atom. The van der Waals surface area contributed by atoms with Gasteiger partial charge in [-0.1, -0.05) is 12.1 Å². The Balaban J connectivity index is 1.27. The fourth-order valence-corrected chi connectivity index (χ4v) is 4.87. The van der Waals surface area contributed by atoms with E-state index in [4.69, 9.17) is 9.47 Å². The van der Waals surface area contributed by atoms with Crippen LogP contribution < -0.4 is 9.47 Å². The average Bonchev–Trinajstić information content (AvgIpc) is 3.50. The second-order valence-corrected chi connectivity index (χ2v) is 8.07. The van der Waals surface area contributed by atoms with Gasteiger partial charge in [-0.25, -0.2) is 0 Å². The van der Waals surface area contributed by atoms with Crippen molar-refractivity contribution in [2.24, 2.45) is 0 Å². The quantitative estimate of drug-likeness (QED) is 0.672. The van der Waals surface area contributed by atoms with Gasteiger partial charge in [-0.2, -0.15) is 0 Å². The van der Waals surface area contributed by atoms with Crippen LogP contribution >= 0.6 is 0 Å². The van der Waals surface area contributed by atoms with Crippen molar-refractivity contribution in [3.63, 3.8) is 0 Å². The van der Waals surface area contributed by atoms with Gasteiger partial charge in [0.05, 0.1) is 24.3 Å². The summed E-state index contributed by atoms with van der Waals surface area (Å²) in [5.41, 5.74) is 2.86. The molecule has 0 bridgehead atoms. The van der Waals surface area contributed by atoms with Crippen molar-refractivity contribution < 1.29 is 14.3 Å². The third kappa shape index (κ3) is 2.85. The van der Waals surface area contributed by atoms with E-state index >= 15 is 0 Å². The molecule has 1 fully saturated rings. The summed E-state index contributed by atoms with van der Waals surface area (Å²) in [5, 5.41) is 0. The third-order valence-electron chi connectivity index (χ3n) is 6.25. The number of aromatic nitrogens is 2. The van der Waals surface area contributed by atoms with E-state index in [-0.39, 0.29) is 24.8 Å². The highest BCUT2D eigenvalue weighted by Crippen LogP contribution is 2.37. The van der Waals surface area contributed by atoms with E-state index in [1.165, 1.54) is 5.56 Å². The first-order valence-electron chi connectivity index (χ1n) is 10.2.